The van der Waals surface area contributed by atoms with Gasteiger partial charge < -0.3 is 10.4 Å². The van der Waals surface area contributed by atoms with Crippen molar-refractivity contribution in [1.29, 1.82) is 0 Å². The highest BCUT2D eigenvalue weighted by Gasteiger charge is 2.53. The second-order valence-corrected chi connectivity index (χ2v) is 5.00. The fourth-order valence-corrected chi connectivity index (χ4v) is 1.97. The van der Waals surface area contributed by atoms with Crippen LogP contribution in [0.3, 0.4) is 0 Å². The van der Waals surface area contributed by atoms with E-state index in [0.717, 1.165) is 6.26 Å². The van der Waals surface area contributed by atoms with Gasteiger partial charge in [0.25, 0.3) is 0 Å². The average molecular weight is 216 g/mol. The van der Waals surface area contributed by atoms with Crippen molar-refractivity contribution < 1.29 is 18.3 Å². The zero-order valence-electron chi connectivity index (χ0n) is 6.40. The Hall–Kier alpha value is -0.330. The summed E-state index contributed by atoms with van der Waals surface area (Å²) >= 11 is 0. The van der Waals surface area contributed by atoms with Crippen LogP contribution in [-0.2, 0) is 14.6 Å². The van der Waals surface area contributed by atoms with Crippen molar-refractivity contribution >= 4 is 28.2 Å². The monoisotopic (exact) mass is 215 g/mol. The highest BCUT2D eigenvalue weighted by molar-refractivity contribution is 7.93. The molecule has 0 aromatic heterocycles. The van der Waals surface area contributed by atoms with Gasteiger partial charge in [-0.15, -0.1) is 12.4 Å². The second kappa shape index (κ2) is 3.20. The molecule has 2 N–H and O–H groups in total. The lowest BCUT2D eigenvalue weighted by molar-refractivity contribution is -0.141. The first kappa shape index (κ1) is 11.7. The molecule has 1 aliphatic rings. The number of carbonyl (C=O) groups is 1. The summed E-state index contributed by atoms with van der Waals surface area (Å²) in [5, 5.41) is 11.2. The minimum absolute atomic E-state index is 0. The van der Waals surface area contributed by atoms with Crippen LogP contribution in [0, 0.1) is 0 Å². The van der Waals surface area contributed by atoms with Gasteiger partial charge in [0, 0.05) is 19.3 Å². The predicted octanol–water partition coefficient (Wildman–Crippen LogP) is -1.12. The lowest BCUT2D eigenvalue weighted by Gasteiger charge is -2.36. The van der Waals surface area contributed by atoms with Crippen LogP contribution in [0.25, 0.3) is 0 Å². The van der Waals surface area contributed by atoms with Gasteiger partial charge in [0.15, 0.2) is 14.6 Å². The summed E-state index contributed by atoms with van der Waals surface area (Å²) in [5.74, 6) is -1.27. The molecule has 0 spiro atoms. The largest absolute Gasteiger partial charge is 0.480 e. The molecule has 0 unspecified atom stereocenters. The molecule has 0 aromatic rings. The number of hydrogen-bond donors (Lipinski definition) is 2. The maximum absolute atomic E-state index is 11.0. The Kier molecular flexibility index (Phi) is 3.11. The molecule has 72 valence electrons. The van der Waals surface area contributed by atoms with Gasteiger partial charge in [-0.1, -0.05) is 0 Å². The van der Waals surface area contributed by atoms with Crippen molar-refractivity contribution in [3.05, 3.63) is 0 Å². The van der Waals surface area contributed by atoms with E-state index in [-0.39, 0.29) is 25.5 Å². The van der Waals surface area contributed by atoms with Gasteiger partial charge in [-0.05, 0) is 0 Å². The number of carboxylic acid groups (broad SMARTS) is 1. The van der Waals surface area contributed by atoms with Gasteiger partial charge in [-0.2, -0.15) is 0 Å². The number of nitrogens with one attached hydrogen (secondary N) is 1. The maximum Gasteiger partial charge on any atom is 0.327 e. The number of rotatable bonds is 2. The van der Waals surface area contributed by atoms with Crippen molar-refractivity contribution in [2.24, 2.45) is 0 Å². The van der Waals surface area contributed by atoms with Gasteiger partial charge in [0.2, 0.25) is 0 Å². The molecule has 0 radical (unpaired) electrons. The van der Waals surface area contributed by atoms with Gasteiger partial charge in [-0.3, -0.25) is 4.79 Å². The van der Waals surface area contributed by atoms with Gasteiger partial charge >= 0.3 is 5.97 Å². The Labute approximate surface area is 76.5 Å². The zero-order chi connectivity index (χ0) is 8.70. The van der Waals surface area contributed by atoms with Crippen molar-refractivity contribution in [3.8, 4) is 0 Å². The number of aliphatic carboxylic acids is 1. The van der Waals surface area contributed by atoms with E-state index in [1.807, 2.05) is 0 Å². The van der Waals surface area contributed by atoms with E-state index in [4.69, 9.17) is 5.11 Å². The first-order valence-electron chi connectivity index (χ1n) is 3.04. The van der Waals surface area contributed by atoms with Crippen LogP contribution in [0.4, 0.5) is 0 Å². The van der Waals surface area contributed by atoms with Gasteiger partial charge in [0.1, 0.15) is 0 Å². The van der Waals surface area contributed by atoms with Crippen LogP contribution in [0.2, 0.25) is 0 Å². The van der Waals surface area contributed by atoms with Crippen LogP contribution < -0.4 is 5.32 Å². The number of carboxylic acids is 1. The van der Waals surface area contributed by atoms with E-state index < -0.39 is 20.6 Å². The number of halogens is 1. The molecule has 0 amide bonds. The summed E-state index contributed by atoms with van der Waals surface area (Å²) in [5.41, 5.74) is 0. The van der Waals surface area contributed by atoms with E-state index >= 15 is 0 Å². The molecule has 1 heterocycles. The fraction of sp³-hybridized carbons (Fsp3) is 0.800. The van der Waals surface area contributed by atoms with Crippen molar-refractivity contribution in [2.45, 2.75) is 4.75 Å². The third kappa shape index (κ3) is 1.41. The molecule has 1 aliphatic heterocycles. The molecule has 1 saturated heterocycles. The molecular formula is C5H10ClNO4S. The Morgan fingerprint density at radius 3 is 1.92 bits per heavy atom. The second-order valence-electron chi connectivity index (χ2n) is 2.68. The highest BCUT2D eigenvalue weighted by atomic mass is 35.5. The van der Waals surface area contributed by atoms with Crippen molar-refractivity contribution in [1.82, 2.24) is 5.32 Å². The highest BCUT2D eigenvalue weighted by Crippen LogP contribution is 2.21. The molecule has 12 heavy (non-hydrogen) atoms. The molecule has 7 heteroatoms. The molecule has 1 fully saturated rings. The molecule has 0 bridgehead atoms. The van der Waals surface area contributed by atoms with Crippen LogP contribution in [0.5, 0.6) is 0 Å². The molecule has 1 rings (SSSR count). The first-order chi connectivity index (χ1) is 4.90. The predicted molar refractivity (Wildman–Crippen MR) is 45.3 cm³/mol. The minimum Gasteiger partial charge on any atom is -0.480 e. The van der Waals surface area contributed by atoms with Crippen LogP contribution in [-0.4, -0.2) is 43.6 Å². The summed E-state index contributed by atoms with van der Waals surface area (Å²) in [6.45, 7) is 0.0301. The summed E-state index contributed by atoms with van der Waals surface area (Å²) in [6.07, 6.45) is 0.946. The third-order valence-electron chi connectivity index (χ3n) is 1.92. The van der Waals surface area contributed by atoms with Gasteiger partial charge in [-0.25, -0.2) is 8.42 Å². The lowest BCUT2D eigenvalue weighted by Crippen LogP contribution is -2.68. The van der Waals surface area contributed by atoms with E-state index in [1.54, 1.807) is 0 Å². The molecule has 0 saturated carbocycles. The summed E-state index contributed by atoms with van der Waals surface area (Å²) < 4.78 is 20.3. The Morgan fingerprint density at radius 2 is 1.92 bits per heavy atom. The summed E-state index contributed by atoms with van der Waals surface area (Å²) in [6, 6.07) is 0. The first-order valence-corrected chi connectivity index (χ1v) is 4.93. The molecule has 0 aliphatic carbocycles. The van der Waals surface area contributed by atoms with Crippen LogP contribution >= 0.6 is 12.4 Å². The molecular weight excluding hydrogens is 206 g/mol. The Bertz CT molecular complexity index is 282. The maximum atomic E-state index is 11.0. The molecule has 0 atom stereocenters. The van der Waals surface area contributed by atoms with E-state index in [9.17, 15) is 13.2 Å². The average Bonchev–Trinajstić information content (AvgIpc) is 1.52. The number of sulfone groups is 1. The summed E-state index contributed by atoms with van der Waals surface area (Å²) in [7, 11) is -3.49. The van der Waals surface area contributed by atoms with Crippen molar-refractivity contribution in [2.75, 3.05) is 19.3 Å². The van der Waals surface area contributed by atoms with Crippen LogP contribution in [0.15, 0.2) is 0 Å². The standard InChI is InChI=1S/C5H9NO4S.ClH/c1-11(9,10)5(4(7)8)2-6-3-5;/h6H,2-3H2,1H3,(H,7,8);1H. The summed E-state index contributed by atoms with van der Waals surface area (Å²) in [4.78, 5) is 10.5. The quantitative estimate of drug-likeness (QED) is 0.610. The fourth-order valence-electron chi connectivity index (χ4n) is 0.924. The van der Waals surface area contributed by atoms with Crippen molar-refractivity contribution in [3.63, 3.8) is 0 Å². The van der Waals surface area contributed by atoms with E-state index in [2.05, 4.69) is 5.32 Å². The lowest BCUT2D eigenvalue weighted by atomic mass is 10.0. The Morgan fingerprint density at radius 1 is 1.50 bits per heavy atom. The molecule has 5 nitrogen and oxygen atoms in total. The SMILES string of the molecule is CS(=O)(=O)C1(C(=O)O)CNC1.Cl. The van der Waals surface area contributed by atoms with E-state index in [0.29, 0.717) is 0 Å². The normalized spacial score (nSPS) is 20.4. The minimum atomic E-state index is -3.49. The number of hydrogen-bond acceptors (Lipinski definition) is 4. The smallest absolute Gasteiger partial charge is 0.327 e. The Balaban J connectivity index is 0.00000121. The van der Waals surface area contributed by atoms with E-state index in [1.165, 1.54) is 0 Å². The molecule has 0 aromatic carbocycles. The van der Waals surface area contributed by atoms with Gasteiger partial charge in [0.05, 0.1) is 0 Å². The third-order valence-corrected chi connectivity index (χ3v) is 3.80. The zero-order valence-corrected chi connectivity index (χ0v) is 8.04. The van der Waals surface area contributed by atoms with Crippen LogP contribution in [0.1, 0.15) is 0 Å². The topological polar surface area (TPSA) is 83.5 Å².